The number of nitrogen functional groups attached to an aromatic ring is 1. The Morgan fingerprint density at radius 2 is 2.18 bits per heavy atom. The highest BCUT2D eigenvalue weighted by Crippen LogP contribution is 2.25. The maximum absolute atomic E-state index is 12.1. The van der Waals surface area contributed by atoms with Gasteiger partial charge >= 0.3 is 0 Å². The lowest BCUT2D eigenvalue weighted by Gasteiger charge is -2.33. The van der Waals surface area contributed by atoms with Gasteiger partial charge < -0.3 is 10.6 Å². The molecule has 1 amide bonds. The van der Waals surface area contributed by atoms with Gasteiger partial charge in [0.2, 0.25) is 0 Å². The van der Waals surface area contributed by atoms with Gasteiger partial charge in [-0.05, 0) is 24.7 Å². The number of nitrogens with two attached hydrogens (primary N) is 1. The second kappa shape index (κ2) is 4.77. The third kappa shape index (κ3) is 2.43. The van der Waals surface area contributed by atoms with E-state index in [0.29, 0.717) is 17.3 Å². The van der Waals surface area contributed by atoms with Crippen LogP contribution in [0.3, 0.4) is 0 Å². The molecule has 5 nitrogen and oxygen atoms in total. The predicted octanol–water partition coefficient (Wildman–Crippen LogP) is 1.50. The van der Waals surface area contributed by atoms with Gasteiger partial charge in [-0.15, -0.1) is 0 Å². The van der Waals surface area contributed by atoms with Gasteiger partial charge in [0.15, 0.2) is 0 Å². The molecule has 0 bridgehead atoms. The number of nitrogens with one attached hydrogen (secondary N) is 1. The number of aromatic amines is 1. The summed E-state index contributed by atoms with van der Waals surface area (Å²) in [5.41, 5.74) is 6.15. The summed E-state index contributed by atoms with van der Waals surface area (Å²) in [4.78, 5) is 14.0. The van der Waals surface area contributed by atoms with Crippen LogP contribution in [0.25, 0.3) is 0 Å². The number of carbonyl (C=O) groups is 1. The Labute approximate surface area is 101 Å². The Morgan fingerprint density at radius 3 is 2.65 bits per heavy atom. The molecule has 1 aromatic rings. The molecule has 0 radical (unpaired) electrons. The van der Waals surface area contributed by atoms with Crippen molar-refractivity contribution >= 4 is 11.7 Å². The molecule has 0 aliphatic carbocycles. The molecular formula is C12H20N4O. The molecule has 1 aromatic heterocycles. The molecule has 0 saturated carbocycles. The number of H-pyrrole nitrogens is 1. The fourth-order valence-electron chi connectivity index (χ4n) is 2.41. The van der Waals surface area contributed by atoms with Crippen molar-refractivity contribution in [2.45, 2.75) is 26.7 Å². The van der Waals surface area contributed by atoms with Gasteiger partial charge in [-0.3, -0.25) is 9.89 Å². The van der Waals surface area contributed by atoms with E-state index in [4.69, 9.17) is 5.73 Å². The van der Waals surface area contributed by atoms with Crippen molar-refractivity contribution in [2.24, 2.45) is 11.8 Å². The SMILES string of the molecule is CC(C)C1CCN(C(=O)c2cn[nH]c2N)CC1. The average molecular weight is 236 g/mol. The van der Waals surface area contributed by atoms with Gasteiger partial charge in [0.25, 0.3) is 5.91 Å². The number of hydrogen-bond acceptors (Lipinski definition) is 3. The van der Waals surface area contributed by atoms with Crippen LogP contribution in [-0.2, 0) is 0 Å². The van der Waals surface area contributed by atoms with Crippen LogP contribution in [-0.4, -0.2) is 34.1 Å². The maximum Gasteiger partial charge on any atom is 0.259 e. The van der Waals surface area contributed by atoms with Crippen LogP contribution in [0.15, 0.2) is 6.20 Å². The van der Waals surface area contributed by atoms with Crippen molar-refractivity contribution in [1.82, 2.24) is 15.1 Å². The molecule has 3 N–H and O–H groups in total. The molecule has 5 heteroatoms. The lowest BCUT2D eigenvalue weighted by atomic mass is 9.86. The number of rotatable bonds is 2. The highest BCUT2D eigenvalue weighted by atomic mass is 16.2. The summed E-state index contributed by atoms with van der Waals surface area (Å²) >= 11 is 0. The summed E-state index contributed by atoms with van der Waals surface area (Å²) in [5.74, 6) is 1.80. The molecular weight excluding hydrogens is 216 g/mol. The molecule has 1 saturated heterocycles. The van der Waals surface area contributed by atoms with Gasteiger partial charge in [0.1, 0.15) is 11.4 Å². The third-order valence-electron chi connectivity index (χ3n) is 3.67. The van der Waals surface area contributed by atoms with Crippen molar-refractivity contribution in [2.75, 3.05) is 18.8 Å². The Hall–Kier alpha value is -1.52. The van der Waals surface area contributed by atoms with Gasteiger partial charge in [-0.25, -0.2) is 0 Å². The fourth-order valence-corrected chi connectivity index (χ4v) is 2.41. The first-order valence-electron chi connectivity index (χ1n) is 6.17. The van der Waals surface area contributed by atoms with Gasteiger partial charge in [-0.2, -0.15) is 5.10 Å². The quantitative estimate of drug-likeness (QED) is 0.817. The topological polar surface area (TPSA) is 75.0 Å². The summed E-state index contributed by atoms with van der Waals surface area (Å²) in [6.45, 7) is 6.14. The number of amides is 1. The van der Waals surface area contributed by atoms with Crippen LogP contribution in [0, 0.1) is 11.8 Å². The van der Waals surface area contributed by atoms with E-state index in [9.17, 15) is 4.79 Å². The molecule has 17 heavy (non-hydrogen) atoms. The average Bonchev–Trinajstić information content (AvgIpc) is 2.74. The van der Waals surface area contributed by atoms with Crippen LogP contribution >= 0.6 is 0 Å². The summed E-state index contributed by atoms with van der Waals surface area (Å²) in [6.07, 6.45) is 3.68. The van der Waals surface area contributed by atoms with E-state index in [0.717, 1.165) is 31.8 Å². The normalized spacial score (nSPS) is 17.7. The van der Waals surface area contributed by atoms with E-state index in [1.54, 1.807) is 0 Å². The van der Waals surface area contributed by atoms with Crippen molar-refractivity contribution in [3.8, 4) is 0 Å². The Kier molecular flexibility index (Phi) is 3.36. The molecule has 0 atom stereocenters. The van der Waals surface area contributed by atoms with Gasteiger partial charge in [0, 0.05) is 13.1 Å². The number of anilines is 1. The van der Waals surface area contributed by atoms with Crippen LogP contribution in [0.4, 0.5) is 5.82 Å². The van der Waals surface area contributed by atoms with Gasteiger partial charge in [0.05, 0.1) is 6.20 Å². The first-order chi connectivity index (χ1) is 8.09. The standard InChI is InChI=1S/C12H20N4O/c1-8(2)9-3-5-16(6-4-9)12(17)10-7-14-15-11(10)13/h7-9H,3-6H2,1-2H3,(H3,13,14,15). The number of nitrogens with zero attached hydrogens (tertiary/aromatic N) is 2. The van der Waals surface area contributed by atoms with E-state index < -0.39 is 0 Å². The van der Waals surface area contributed by atoms with Crippen molar-refractivity contribution in [3.05, 3.63) is 11.8 Å². The van der Waals surface area contributed by atoms with E-state index >= 15 is 0 Å². The Morgan fingerprint density at radius 1 is 1.53 bits per heavy atom. The minimum atomic E-state index is -0.00143. The number of hydrogen-bond donors (Lipinski definition) is 2. The van der Waals surface area contributed by atoms with Crippen molar-refractivity contribution < 1.29 is 4.79 Å². The molecule has 0 spiro atoms. The van der Waals surface area contributed by atoms with Crippen LogP contribution < -0.4 is 5.73 Å². The fraction of sp³-hybridized carbons (Fsp3) is 0.667. The minimum Gasteiger partial charge on any atom is -0.383 e. The number of likely N-dealkylation sites (tertiary alicyclic amines) is 1. The lowest BCUT2D eigenvalue weighted by Crippen LogP contribution is -2.39. The summed E-state index contributed by atoms with van der Waals surface area (Å²) in [7, 11) is 0. The zero-order valence-electron chi connectivity index (χ0n) is 10.4. The zero-order valence-corrected chi connectivity index (χ0v) is 10.4. The number of piperidine rings is 1. The van der Waals surface area contributed by atoms with E-state index in [1.165, 1.54) is 6.20 Å². The molecule has 2 heterocycles. The number of carbonyl (C=O) groups excluding carboxylic acids is 1. The summed E-state index contributed by atoms with van der Waals surface area (Å²) in [6, 6.07) is 0. The predicted molar refractivity (Wildman–Crippen MR) is 66.5 cm³/mol. The number of aromatic nitrogens is 2. The van der Waals surface area contributed by atoms with Gasteiger partial charge in [-0.1, -0.05) is 13.8 Å². The smallest absolute Gasteiger partial charge is 0.259 e. The first kappa shape index (κ1) is 12.0. The van der Waals surface area contributed by atoms with Crippen LogP contribution in [0.1, 0.15) is 37.0 Å². The zero-order chi connectivity index (χ0) is 12.4. The molecule has 1 fully saturated rings. The van der Waals surface area contributed by atoms with Crippen LogP contribution in [0.2, 0.25) is 0 Å². The molecule has 1 aliphatic heterocycles. The largest absolute Gasteiger partial charge is 0.383 e. The molecule has 1 aliphatic rings. The molecule has 0 aromatic carbocycles. The second-order valence-corrected chi connectivity index (χ2v) is 5.07. The highest BCUT2D eigenvalue weighted by molar-refractivity contribution is 5.98. The second-order valence-electron chi connectivity index (χ2n) is 5.07. The lowest BCUT2D eigenvalue weighted by molar-refractivity contribution is 0.0669. The highest BCUT2D eigenvalue weighted by Gasteiger charge is 2.26. The Balaban J connectivity index is 1.98. The van der Waals surface area contributed by atoms with Crippen LogP contribution in [0.5, 0.6) is 0 Å². The Bertz CT molecular complexity index is 391. The van der Waals surface area contributed by atoms with E-state index in [-0.39, 0.29) is 5.91 Å². The van der Waals surface area contributed by atoms with E-state index in [2.05, 4.69) is 24.0 Å². The first-order valence-corrected chi connectivity index (χ1v) is 6.17. The summed E-state index contributed by atoms with van der Waals surface area (Å²) in [5, 5.41) is 6.38. The molecule has 94 valence electrons. The maximum atomic E-state index is 12.1. The molecule has 0 unspecified atom stereocenters. The van der Waals surface area contributed by atoms with Crippen molar-refractivity contribution in [3.63, 3.8) is 0 Å². The summed E-state index contributed by atoms with van der Waals surface area (Å²) < 4.78 is 0. The monoisotopic (exact) mass is 236 g/mol. The molecule has 2 rings (SSSR count). The minimum absolute atomic E-state index is 0.00143. The third-order valence-corrected chi connectivity index (χ3v) is 3.67. The van der Waals surface area contributed by atoms with Crippen molar-refractivity contribution in [1.29, 1.82) is 0 Å². The van der Waals surface area contributed by atoms with E-state index in [1.807, 2.05) is 4.90 Å².